The predicted octanol–water partition coefficient (Wildman–Crippen LogP) is -7.06. The van der Waals surface area contributed by atoms with Crippen molar-refractivity contribution in [3.8, 4) is 0 Å². The summed E-state index contributed by atoms with van der Waals surface area (Å²) >= 11 is -19.9. The van der Waals surface area contributed by atoms with Crippen molar-refractivity contribution in [1.82, 2.24) is 0 Å². The van der Waals surface area contributed by atoms with Gasteiger partial charge >= 0.3 is 320 Å². The summed E-state index contributed by atoms with van der Waals surface area (Å²) in [4.78, 5) is 152. The first kappa shape index (κ1) is 40.5. The standard InChI is InChI=1S/4C6H8O7.3Sn/c4*7-3(8)1-6(13,5(11)12)2-4(9)10;;;/h4*13H,1-2H2,(H,7,8)(H,9,10)(H,11,12);;;/q;;;;3*+4/p-12. The molecule has 1 atom stereocenters. The Morgan fingerprint density at radius 1 is 0.473 bits per heavy atom. The molecule has 31 heteroatoms. The zero-order valence-corrected chi connectivity index (χ0v) is 35.3. The molecule has 1 spiro atoms. The van der Waals surface area contributed by atoms with Crippen LogP contribution in [0.2, 0.25) is 0 Å². The van der Waals surface area contributed by atoms with Crippen molar-refractivity contribution in [2.75, 3.05) is 0 Å². The van der Waals surface area contributed by atoms with Crippen LogP contribution in [0.5, 0.6) is 0 Å². The predicted molar refractivity (Wildman–Crippen MR) is 147 cm³/mol. The van der Waals surface area contributed by atoms with Crippen LogP contribution in [0.25, 0.3) is 0 Å². The SMILES string of the molecule is O=C1CC2(O)CC(=O)[O][Sn]([O]C(=O)CC3(O)CC(=O)[O][Sn]4([O]C(=O)CC(O)(C(=O)[O][Sn]56[O]C(=O)CC(O)(CC(=O)[O]5)C(=O)[O]6)CC(=O)[O]4)[O]C3=O)([O]1)[O]C2=O. The van der Waals surface area contributed by atoms with Crippen LogP contribution in [-0.2, 0) is 94.4 Å². The molecule has 0 aromatic rings. The van der Waals surface area contributed by atoms with Crippen LogP contribution in [0.1, 0.15) is 51.4 Å². The molecule has 0 aliphatic carbocycles. The first-order chi connectivity index (χ1) is 25.3. The summed E-state index contributed by atoms with van der Waals surface area (Å²) < 4.78 is 57.6. The Hall–Kier alpha value is -4.12. The zero-order chi connectivity index (χ0) is 40.6. The summed E-state index contributed by atoms with van der Waals surface area (Å²) in [6, 6.07) is 0. The quantitative estimate of drug-likeness (QED) is 0.186. The van der Waals surface area contributed by atoms with Gasteiger partial charge in [-0.1, -0.05) is 0 Å². The summed E-state index contributed by atoms with van der Waals surface area (Å²) in [6.07, 6.45) is -11.0. The molecule has 0 aromatic carbocycles. The second kappa shape index (κ2) is 13.5. The summed E-state index contributed by atoms with van der Waals surface area (Å²) in [5.74, 6) is -20.5. The molecule has 0 saturated carbocycles. The van der Waals surface area contributed by atoms with E-state index < -0.39 is 206 Å². The third-order valence-electron chi connectivity index (χ3n) is 7.80. The third-order valence-corrected chi connectivity index (χ3v) is 23.7. The Bertz CT molecular complexity index is 1840. The molecule has 1 unspecified atom stereocenters. The maximum atomic E-state index is 13.2. The van der Waals surface area contributed by atoms with Crippen molar-refractivity contribution >= 4 is 132 Å². The molecule has 6 fully saturated rings. The number of carbonyl (C=O) groups excluding carboxylic acids is 12. The van der Waals surface area contributed by atoms with Crippen molar-refractivity contribution in [3.05, 3.63) is 0 Å². The normalized spacial score (nSPS) is 38.8. The van der Waals surface area contributed by atoms with Crippen LogP contribution in [0.15, 0.2) is 0 Å². The number of hydrogen-bond acceptors (Lipinski definition) is 28. The summed E-state index contributed by atoms with van der Waals surface area (Å²) in [5.41, 5.74) is -12.3. The average molecular weight is 1110 g/mol. The van der Waals surface area contributed by atoms with Gasteiger partial charge in [0.05, 0.1) is 0 Å². The van der Waals surface area contributed by atoms with Gasteiger partial charge < -0.3 is 0 Å². The first-order valence-corrected chi connectivity index (χ1v) is 28.9. The third kappa shape index (κ3) is 7.96. The van der Waals surface area contributed by atoms with Crippen LogP contribution in [0.3, 0.4) is 0 Å². The van der Waals surface area contributed by atoms with E-state index in [2.05, 4.69) is 0 Å². The van der Waals surface area contributed by atoms with E-state index in [0.29, 0.717) is 0 Å². The van der Waals surface area contributed by atoms with Gasteiger partial charge in [-0.3, -0.25) is 0 Å². The summed E-state index contributed by atoms with van der Waals surface area (Å²) in [6.45, 7) is 0. The van der Waals surface area contributed by atoms with Gasteiger partial charge in [0.15, 0.2) is 0 Å². The molecule has 6 aliphatic rings. The zero-order valence-electron chi connectivity index (χ0n) is 26.7. The summed E-state index contributed by atoms with van der Waals surface area (Å²) in [5, 5.41) is 42.8. The van der Waals surface area contributed by atoms with E-state index in [1.165, 1.54) is 0 Å². The van der Waals surface area contributed by atoms with Gasteiger partial charge in [-0.15, -0.1) is 0 Å². The van der Waals surface area contributed by atoms with Crippen molar-refractivity contribution in [2.45, 2.75) is 73.8 Å². The van der Waals surface area contributed by atoms with E-state index in [4.69, 9.17) is 36.9 Å². The molecular formula is C24H20O28Sn3. The molecule has 6 rings (SSSR count). The van der Waals surface area contributed by atoms with Crippen molar-refractivity contribution in [2.24, 2.45) is 0 Å². The van der Waals surface area contributed by atoms with E-state index in [1.54, 1.807) is 0 Å². The molecule has 6 heterocycles. The molecule has 6 saturated heterocycles. The molecule has 28 nitrogen and oxygen atoms in total. The Morgan fingerprint density at radius 3 is 1.25 bits per heavy atom. The topological polar surface area (TPSA) is 397 Å². The van der Waals surface area contributed by atoms with E-state index in [1.807, 2.05) is 0 Å². The van der Waals surface area contributed by atoms with Crippen molar-refractivity contribution in [3.63, 3.8) is 0 Å². The number of fused-ring (bicyclic) bond motifs is 6. The van der Waals surface area contributed by atoms with Gasteiger partial charge in [-0.25, -0.2) is 0 Å². The number of aliphatic hydroxyl groups is 4. The van der Waals surface area contributed by atoms with E-state index in [9.17, 15) is 78.0 Å². The molecule has 0 amide bonds. The van der Waals surface area contributed by atoms with Gasteiger partial charge in [-0.05, 0) is 0 Å². The number of carbonyl (C=O) groups is 12. The Labute approximate surface area is 318 Å². The van der Waals surface area contributed by atoms with Crippen LogP contribution in [0.4, 0.5) is 0 Å². The van der Waals surface area contributed by atoms with Gasteiger partial charge in [0.2, 0.25) is 0 Å². The monoisotopic (exact) mass is 1120 g/mol. The Balaban J connectivity index is 1.17. The Kier molecular flexibility index (Phi) is 9.96. The van der Waals surface area contributed by atoms with E-state index in [0.717, 1.165) is 0 Å². The molecule has 0 aromatic heterocycles. The summed E-state index contributed by atoms with van der Waals surface area (Å²) in [7, 11) is 0. The molecule has 296 valence electrons. The Morgan fingerprint density at radius 2 is 0.836 bits per heavy atom. The van der Waals surface area contributed by atoms with Crippen LogP contribution < -0.4 is 0 Å². The average Bonchev–Trinajstić information content (AvgIpc) is 3.25. The van der Waals surface area contributed by atoms with Gasteiger partial charge in [-0.2, -0.15) is 0 Å². The second-order valence-corrected chi connectivity index (χ2v) is 27.9. The fraction of sp³-hybridized carbons (Fsp3) is 0.500. The van der Waals surface area contributed by atoms with Gasteiger partial charge in [0.25, 0.3) is 0 Å². The first-order valence-electron chi connectivity index (χ1n) is 14.9. The second-order valence-electron chi connectivity index (χ2n) is 12.4. The fourth-order valence-electron chi connectivity index (χ4n) is 5.35. The van der Waals surface area contributed by atoms with Crippen molar-refractivity contribution < 1.29 is 115 Å². The van der Waals surface area contributed by atoms with E-state index in [-0.39, 0.29) is 0 Å². The van der Waals surface area contributed by atoms with Gasteiger partial charge in [0.1, 0.15) is 0 Å². The molecule has 0 radical (unpaired) electrons. The number of hydrogen-bond donors (Lipinski definition) is 4. The van der Waals surface area contributed by atoms with Crippen molar-refractivity contribution in [1.29, 1.82) is 0 Å². The molecule has 6 aliphatic heterocycles. The minimum atomic E-state index is -6.82. The fourth-order valence-corrected chi connectivity index (χ4v) is 20.3. The molecular weight excluding hydrogens is 1090 g/mol. The minimum absolute atomic E-state index is 1.11. The number of rotatable bonds is 5. The molecule has 4 bridgehead atoms. The maximum absolute atomic E-state index is 13.2. The van der Waals surface area contributed by atoms with E-state index >= 15 is 0 Å². The molecule has 55 heavy (non-hydrogen) atoms. The van der Waals surface area contributed by atoms with Crippen LogP contribution in [0, 0.1) is 0 Å². The van der Waals surface area contributed by atoms with Crippen LogP contribution in [-0.4, -0.2) is 175 Å². The molecule has 4 N–H and O–H groups in total. The van der Waals surface area contributed by atoms with Crippen LogP contribution >= 0.6 is 0 Å². The van der Waals surface area contributed by atoms with Gasteiger partial charge in [0, 0.05) is 0 Å².